The standard InChI is InChI=1S/C7H14N2O2/c1-5(2)9(3)6-4-11-8-7(6)10/h5-6H,4H2,1-3H3,(H,8,10). The normalized spacial score (nSPS) is 24.8. The monoisotopic (exact) mass is 158 g/mol. The van der Waals surface area contributed by atoms with Crippen LogP contribution in [0.5, 0.6) is 0 Å². The molecule has 0 radical (unpaired) electrons. The van der Waals surface area contributed by atoms with Crippen molar-refractivity contribution in [3.8, 4) is 0 Å². The molecule has 1 aliphatic rings. The summed E-state index contributed by atoms with van der Waals surface area (Å²) in [7, 11) is 1.92. The summed E-state index contributed by atoms with van der Waals surface area (Å²) >= 11 is 0. The minimum Gasteiger partial charge on any atom is -0.291 e. The molecule has 1 atom stereocenters. The van der Waals surface area contributed by atoms with Crippen molar-refractivity contribution in [2.45, 2.75) is 25.9 Å². The molecule has 0 saturated carbocycles. The van der Waals surface area contributed by atoms with Gasteiger partial charge < -0.3 is 0 Å². The van der Waals surface area contributed by atoms with Crippen molar-refractivity contribution in [2.24, 2.45) is 0 Å². The van der Waals surface area contributed by atoms with Crippen LogP contribution in [0.15, 0.2) is 0 Å². The number of carbonyl (C=O) groups excluding carboxylic acids is 1. The Bertz CT molecular complexity index is 159. The highest BCUT2D eigenvalue weighted by molar-refractivity contribution is 5.82. The molecule has 1 amide bonds. The van der Waals surface area contributed by atoms with Crippen LogP contribution in [0.1, 0.15) is 13.8 Å². The van der Waals surface area contributed by atoms with Crippen LogP contribution >= 0.6 is 0 Å². The molecule has 0 aromatic rings. The van der Waals surface area contributed by atoms with Crippen molar-refractivity contribution >= 4 is 5.91 Å². The number of carbonyl (C=O) groups is 1. The molecule has 4 nitrogen and oxygen atoms in total. The van der Waals surface area contributed by atoms with Gasteiger partial charge in [-0.3, -0.25) is 14.5 Å². The van der Waals surface area contributed by atoms with Gasteiger partial charge in [-0.25, -0.2) is 5.48 Å². The number of hydrogen-bond acceptors (Lipinski definition) is 3. The molecule has 1 aliphatic heterocycles. The number of likely N-dealkylation sites (N-methyl/N-ethyl adjacent to an activating group) is 1. The zero-order valence-corrected chi connectivity index (χ0v) is 7.13. The molecule has 1 heterocycles. The molecule has 0 aliphatic carbocycles. The summed E-state index contributed by atoms with van der Waals surface area (Å²) < 4.78 is 0. The quantitative estimate of drug-likeness (QED) is 0.603. The smallest absolute Gasteiger partial charge is 0.263 e. The highest BCUT2D eigenvalue weighted by Crippen LogP contribution is 2.06. The first-order valence-electron chi connectivity index (χ1n) is 3.76. The van der Waals surface area contributed by atoms with Gasteiger partial charge in [0.05, 0.1) is 6.61 Å². The van der Waals surface area contributed by atoms with Gasteiger partial charge in [-0.1, -0.05) is 0 Å². The molecule has 11 heavy (non-hydrogen) atoms. The van der Waals surface area contributed by atoms with Gasteiger partial charge in [0.2, 0.25) is 0 Å². The first-order chi connectivity index (χ1) is 5.13. The van der Waals surface area contributed by atoms with Crippen molar-refractivity contribution < 1.29 is 9.63 Å². The lowest BCUT2D eigenvalue weighted by Gasteiger charge is -2.24. The van der Waals surface area contributed by atoms with Crippen LogP contribution < -0.4 is 5.48 Å². The second-order valence-corrected chi connectivity index (χ2v) is 3.05. The molecule has 4 heteroatoms. The average Bonchev–Trinajstić information content (AvgIpc) is 2.33. The Morgan fingerprint density at radius 3 is 2.73 bits per heavy atom. The van der Waals surface area contributed by atoms with E-state index in [1.807, 2.05) is 25.8 Å². The van der Waals surface area contributed by atoms with Crippen LogP contribution in [0.25, 0.3) is 0 Å². The molecule has 0 spiro atoms. The summed E-state index contributed by atoms with van der Waals surface area (Å²) in [5.41, 5.74) is 2.32. The van der Waals surface area contributed by atoms with Gasteiger partial charge in [0, 0.05) is 6.04 Å². The van der Waals surface area contributed by atoms with E-state index in [0.717, 1.165) is 0 Å². The maximum absolute atomic E-state index is 11.0. The highest BCUT2D eigenvalue weighted by Gasteiger charge is 2.30. The lowest BCUT2D eigenvalue weighted by molar-refractivity contribution is -0.126. The van der Waals surface area contributed by atoms with Gasteiger partial charge in [0.25, 0.3) is 5.91 Å². The third-order valence-electron chi connectivity index (χ3n) is 2.02. The Morgan fingerprint density at radius 2 is 2.36 bits per heavy atom. The molecular weight excluding hydrogens is 144 g/mol. The van der Waals surface area contributed by atoms with Crippen LogP contribution in [0.4, 0.5) is 0 Å². The largest absolute Gasteiger partial charge is 0.291 e. The first-order valence-corrected chi connectivity index (χ1v) is 3.76. The lowest BCUT2D eigenvalue weighted by atomic mass is 10.2. The Hall–Kier alpha value is -0.610. The summed E-state index contributed by atoms with van der Waals surface area (Å²) in [6, 6.07) is 0.252. The molecule has 1 rings (SSSR count). The predicted octanol–water partition coefficient (Wildman–Crippen LogP) is -0.243. The van der Waals surface area contributed by atoms with Crippen molar-refractivity contribution in [3.63, 3.8) is 0 Å². The third-order valence-corrected chi connectivity index (χ3v) is 2.02. The van der Waals surface area contributed by atoms with Crippen LogP contribution in [-0.4, -0.2) is 36.5 Å². The van der Waals surface area contributed by atoms with Gasteiger partial charge in [-0.05, 0) is 20.9 Å². The molecule has 0 bridgehead atoms. The zero-order valence-electron chi connectivity index (χ0n) is 7.13. The van der Waals surface area contributed by atoms with E-state index in [2.05, 4.69) is 5.48 Å². The topological polar surface area (TPSA) is 41.6 Å². The van der Waals surface area contributed by atoms with E-state index in [4.69, 9.17) is 4.84 Å². The minimum absolute atomic E-state index is 0.0406. The van der Waals surface area contributed by atoms with E-state index in [1.54, 1.807) is 0 Å². The van der Waals surface area contributed by atoms with Crippen molar-refractivity contribution in [2.75, 3.05) is 13.7 Å². The van der Waals surface area contributed by atoms with Gasteiger partial charge in [0.1, 0.15) is 6.04 Å². The second kappa shape index (κ2) is 3.19. The summed E-state index contributed by atoms with van der Waals surface area (Å²) in [4.78, 5) is 17.8. The van der Waals surface area contributed by atoms with Crippen LogP contribution in [-0.2, 0) is 9.63 Å². The maximum atomic E-state index is 11.0. The van der Waals surface area contributed by atoms with Gasteiger partial charge >= 0.3 is 0 Å². The molecule has 1 saturated heterocycles. The van der Waals surface area contributed by atoms with Crippen LogP contribution in [0.2, 0.25) is 0 Å². The summed E-state index contributed by atoms with van der Waals surface area (Å²) in [6.45, 7) is 4.55. The Morgan fingerprint density at radius 1 is 1.73 bits per heavy atom. The number of nitrogens with one attached hydrogen (secondary N) is 1. The van der Waals surface area contributed by atoms with E-state index < -0.39 is 0 Å². The number of rotatable bonds is 2. The molecule has 1 N–H and O–H groups in total. The van der Waals surface area contributed by atoms with Gasteiger partial charge in [-0.2, -0.15) is 0 Å². The SMILES string of the molecule is CC(C)N(C)C1CONC1=O. The molecular formula is C7H14N2O2. The first kappa shape index (κ1) is 8.49. The van der Waals surface area contributed by atoms with Crippen molar-refractivity contribution in [1.29, 1.82) is 0 Å². The van der Waals surface area contributed by atoms with E-state index in [1.165, 1.54) is 0 Å². The fourth-order valence-electron chi connectivity index (χ4n) is 0.998. The zero-order chi connectivity index (χ0) is 8.43. The van der Waals surface area contributed by atoms with Crippen LogP contribution in [0, 0.1) is 0 Å². The van der Waals surface area contributed by atoms with E-state index in [0.29, 0.717) is 12.6 Å². The van der Waals surface area contributed by atoms with Gasteiger partial charge in [-0.15, -0.1) is 0 Å². The molecule has 1 unspecified atom stereocenters. The predicted molar refractivity (Wildman–Crippen MR) is 40.8 cm³/mol. The third kappa shape index (κ3) is 1.70. The number of hydroxylamine groups is 1. The Labute approximate surface area is 66.5 Å². The summed E-state index contributed by atoms with van der Waals surface area (Å²) in [5, 5.41) is 0. The number of hydrogen-bond donors (Lipinski definition) is 1. The van der Waals surface area contributed by atoms with Crippen LogP contribution in [0.3, 0.4) is 0 Å². The molecule has 0 aromatic carbocycles. The van der Waals surface area contributed by atoms with Gasteiger partial charge in [0.15, 0.2) is 0 Å². The summed E-state index contributed by atoms with van der Waals surface area (Å²) in [6.07, 6.45) is 0. The summed E-state index contributed by atoms with van der Waals surface area (Å²) in [5.74, 6) is -0.0406. The molecule has 0 aromatic heterocycles. The Balaban J connectivity index is 2.52. The number of amides is 1. The average molecular weight is 158 g/mol. The van der Waals surface area contributed by atoms with Crippen molar-refractivity contribution in [3.05, 3.63) is 0 Å². The fourth-order valence-corrected chi connectivity index (χ4v) is 0.998. The van der Waals surface area contributed by atoms with E-state index in [9.17, 15) is 4.79 Å². The molecule has 64 valence electrons. The Kier molecular flexibility index (Phi) is 2.46. The van der Waals surface area contributed by atoms with E-state index >= 15 is 0 Å². The number of nitrogens with zero attached hydrogens (tertiary/aromatic N) is 1. The molecule has 1 fully saturated rings. The highest BCUT2D eigenvalue weighted by atomic mass is 16.7. The minimum atomic E-state index is -0.116. The second-order valence-electron chi connectivity index (χ2n) is 3.05. The van der Waals surface area contributed by atoms with Crippen molar-refractivity contribution in [1.82, 2.24) is 10.4 Å². The fraction of sp³-hybridized carbons (Fsp3) is 0.857. The maximum Gasteiger partial charge on any atom is 0.263 e. The van der Waals surface area contributed by atoms with E-state index in [-0.39, 0.29) is 11.9 Å². The lowest BCUT2D eigenvalue weighted by Crippen LogP contribution is -2.43.